The number of rotatable bonds is 5. The highest BCUT2D eigenvalue weighted by atomic mass is 16.1. The van der Waals surface area contributed by atoms with Crippen LogP contribution in [0.1, 0.15) is 59.8 Å². The molecule has 1 N–H and O–H groups in total. The summed E-state index contributed by atoms with van der Waals surface area (Å²) in [5.41, 5.74) is 0. The van der Waals surface area contributed by atoms with Crippen LogP contribution in [0.15, 0.2) is 0 Å². The van der Waals surface area contributed by atoms with Gasteiger partial charge in [0, 0.05) is 12.0 Å². The fourth-order valence-corrected chi connectivity index (χ4v) is 2.64. The fourth-order valence-electron chi connectivity index (χ4n) is 2.64. The van der Waals surface area contributed by atoms with E-state index >= 15 is 0 Å². The summed E-state index contributed by atoms with van der Waals surface area (Å²) < 4.78 is 0. The molecule has 16 heavy (non-hydrogen) atoms. The van der Waals surface area contributed by atoms with Crippen molar-refractivity contribution >= 4 is 5.78 Å². The summed E-state index contributed by atoms with van der Waals surface area (Å²) in [6.45, 7) is 8.28. The van der Waals surface area contributed by atoms with Crippen LogP contribution in [0.3, 0.4) is 0 Å². The molecule has 0 bridgehead atoms. The molecule has 2 heteroatoms. The summed E-state index contributed by atoms with van der Waals surface area (Å²) in [5, 5.41) is 3.48. The molecule has 0 spiro atoms. The molecule has 1 aliphatic carbocycles. The molecule has 0 saturated heterocycles. The highest BCUT2D eigenvalue weighted by Crippen LogP contribution is 2.28. The van der Waals surface area contributed by atoms with Crippen LogP contribution in [0.25, 0.3) is 0 Å². The zero-order valence-corrected chi connectivity index (χ0v) is 11.3. The largest absolute Gasteiger partial charge is 0.305 e. The lowest BCUT2D eigenvalue weighted by Gasteiger charge is -2.32. The Bertz CT molecular complexity index is 217. The van der Waals surface area contributed by atoms with Gasteiger partial charge in [-0.2, -0.15) is 0 Å². The molecular formula is C14H27NO. The smallest absolute Gasteiger partial charge is 0.152 e. The highest BCUT2D eigenvalue weighted by molar-refractivity contribution is 5.86. The van der Waals surface area contributed by atoms with Gasteiger partial charge in [-0.05, 0) is 18.8 Å². The molecule has 1 fully saturated rings. The monoisotopic (exact) mass is 225 g/mol. The quantitative estimate of drug-likeness (QED) is 0.778. The number of ketones is 1. The van der Waals surface area contributed by atoms with Crippen LogP contribution in [0, 0.1) is 11.8 Å². The van der Waals surface area contributed by atoms with Crippen molar-refractivity contribution < 1.29 is 4.79 Å². The minimum absolute atomic E-state index is 0.0975. The summed E-state index contributed by atoms with van der Waals surface area (Å²) in [4.78, 5) is 12.2. The zero-order chi connectivity index (χ0) is 12.1. The first kappa shape index (κ1) is 13.7. The van der Waals surface area contributed by atoms with E-state index in [-0.39, 0.29) is 12.0 Å². The molecule has 0 aromatic heterocycles. The van der Waals surface area contributed by atoms with Gasteiger partial charge in [0.1, 0.15) is 0 Å². The van der Waals surface area contributed by atoms with Crippen molar-refractivity contribution in [2.75, 3.05) is 0 Å². The molecule has 1 saturated carbocycles. The standard InChI is InChI=1S/C14H27NO/c1-10(2)14(16)13(15-11(3)4)12-8-6-5-7-9-12/h10-13,15H,5-9H2,1-4H3/t13-/m0/s1. The number of Topliss-reactive ketones (excluding diaryl/α,β-unsaturated/α-hetero) is 1. The van der Waals surface area contributed by atoms with Gasteiger partial charge >= 0.3 is 0 Å². The van der Waals surface area contributed by atoms with Crippen molar-refractivity contribution in [3.05, 3.63) is 0 Å². The maximum Gasteiger partial charge on any atom is 0.152 e. The van der Waals surface area contributed by atoms with Gasteiger partial charge < -0.3 is 5.32 Å². The first-order chi connectivity index (χ1) is 7.52. The molecule has 0 amide bonds. The van der Waals surface area contributed by atoms with E-state index in [9.17, 15) is 4.79 Å². The molecule has 0 heterocycles. The predicted octanol–water partition coefficient (Wildman–Crippen LogP) is 3.16. The summed E-state index contributed by atoms with van der Waals surface area (Å²) in [7, 11) is 0. The van der Waals surface area contributed by atoms with Gasteiger partial charge in [-0.15, -0.1) is 0 Å². The third-order valence-electron chi connectivity index (χ3n) is 3.51. The minimum Gasteiger partial charge on any atom is -0.305 e. The van der Waals surface area contributed by atoms with Gasteiger partial charge in [0.2, 0.25) is 0 Å². The van der Waals surface area contributed by atoms with E-state index in [1.165, 1.54) is 32.1 Å². The van der Waals surface area contributed by atoms with E-state index in [2.05, 4.69) is 19.2 Å². The second-order valence-corrected chi connectivity index (χ2v) is 5.75. The van der Waals surface area contributed by atoms with Crippen LogP contribution in [0.4, 0.5) is 0 Å². The van der Waals surface area contributed by atoms with Crippen molar-refractivity contribution in [2.45, 2.75) is 71.9 Å². The normalized spacial score (nSPS) is 20.4. The van der Waals surface area contributed by atoms with Crippen molar-refractivity contribution in [2.24, 2.45) is 11.8 Å². The Morgan fingerprint density at radius 2 is 1.62 bits per heavy atom. The van der Waals surface area contributed by atoms with Crippen molar-refractivity contribution in [3.8, 4) is 0 Å². The molecule has 2 nitrogen and oxygen atoms in total. The topological polar surface area (TPSA) is 29.1 Å². The Morgan fingerprint density at radius 3 is 2.06 bits per heavy atom. The summed E-state index contributed by atoms with van der Waals surface area (Å²) in [6.07, 6.45) is 6.39. The first-order valence-electron chi connectivity index (χ1n) is 6.82. The van der Waals surface area contributed by atoms with Crippen LogP contribution in [-0.2, 0) is 4.79 Å². The Labute approximate surface area is 100 Å². The summed E-state index contributed by atoms with van der Waals surface area (Å²) in [6, 6.07) is 0.495. The molecule has 0 aromatic carbocycles. The maximum atomic E-state index is 12.2. The van der Waals surface area contributed by atoms with Crippen LogP contribution < -0.4 is 5.32 Å². The van der Waals surface area contributed by atoms with Gasteiger partial charge in [0.25, 0.3) is 0 Å². The Hall–Kier alpha value is -0.370. The van der Waals surface area contributed by atoms with E-state index in [0.717, 1.165) is 0 Å². The lowest BCUT2D eigenvalue weighted by molar-refractivity contribution is -0.125. The molecule has 0 aliphatic heterocycles. The van der Waals surface area contributed by atoms with E-state index in [1.807, 2.05) is 13.8 Å². The van der Waals surface area contributed by atoms with Gasteiger partial charge in [-0.1, -0.05) is 47.0 Å². The van der Waals surface area contributed by atoms with Gasteiger partial charge in [-0.3, -0.25) is 4.79 Å². The molecule has 0 aromatic rings. The van der Waals surface area contributed by atoms with Gasteiger partial charge in [0.15, 0.2) is 5.78 Å². The van der Waals surface area contributed by atoms with Crippen LogP contribution in [-0.4, -0.2) is 17.9 Å². The average Bonchev–Trinajstić information content (AvgIpc) is 2.26. The van der Waals surface area contributed by atoms with Crippen LogP contribution >= 0.6 is 0 Å². The number of nitrogens with one attached hydrogen (secondary N) is 1. The SMILES string of the molecule is CC(C)N[C@H](C(=O)C(C)C)C1CCCCC1. The molecule has 1 aliphatic rings. The summed E-state index contributed by atoms with van der Waals surface area (Å²) >= 11 is 0. The molecule has 94 valence electrons. The van der Waals surface area contributed by atoms with Gasteiger partial charge in [0.05, 0.1) is 6.04 Å². The average molecular weight is 225 g/mol. The fraction of sp³-hybridized carbons (Fsp3) is 0.929. The predicted molar refractivity (Wildman–Crippen MR) is 68.5 cm³/mol. The Morgan fingerprint density at radius 1 is 1.06 bits per heavy atom. The first-order valence-corrected chi connectivity index (χ1v) is 6.82. The number of hydrogen-bond acceptors (Lipinski definition) is 2. The van der Waals surface area contributed by atoms with Crippen molar-refractivity contribution in [1.82, 2.24) is 5.32 Å². The summed E-state index contributed by atoms with van der Waals surface area (Å²) in [5.74, 6) is 1.13. The molecule has 0 unspecified atom stereocenters. The zero-order valence-electron chi connectivity index (χ0n) is 11.3. The van der Waals surface area contributed by atoms with E-state index in [1.54, 1.807) is 0 Å². The van der Waals surface area contributed by atoms with E-state index < -0.39 is 0 Å². The lowest BCUT2D eigenvalue weighted by Crippen LogP contribution is -2.48. The number of carbonyl (C=O) groups excluding carboxylic acids is 1. The van der Waals surface area contributed by atoms with Crippen LogP contribution in [0.2, 0.25) is 0 Å². The Balaban J connectivity index is 2.65. The van der Waals surface area contributed by atoms with Gasteiger partial charge in [-0.25, -0.2) is 0 Å². The second kappa shape index (κ2) is 6.39. The molecule has 0 radical (unpaired) electrons. The number of hydrogen-bond donors (Lipinski definition) is 1. The van der Waals surface area contributed by atoms with Crippen molar-refractivity contribution in [3.63, 3.8) is 0 Å². The van der Waals surface area contributed by atoms with E-state index in [0.29, 0.717) is 17.7 Å². The number of carbonyl (C=O) groups is 1. The van der Waals surface area contributed by atoms with Crippen LogP contribution in [0.5, 0.6) is 0 Å². The molecule has 1 atom stereocenters. The van der Waals surface area contributed by atoms with Crippen molar-refractivity contribution in [1.29, 1.82) is 0 Å². The lowest BCUT2D eigenvalue weighted by atomic mass is 9.80. The Kier molecular flexibility index (Phi) is 5.47. The third kappa shape index (κ3) is 3.89. The second-order valence-electron chi connectivity index (χ2n) is 5.75. The van der Waals surface area contributed by atoms with E-state index in [4.69, 9.17) is 0 Å². The highest BCUT2D eigenvalue weighted by Gasteiger charge is 2.30. The maximum absolute atomic E-state index is 12.2. The molecule has 1 rings (SSSR count). The molecular weight excluding hydrogens is 198 g/mol. The third-order valence-corrected chi connectivity index (χ3v) is 3.51. The minimum atomic E-state index is 0.0975.